The largest absolute Gasteiger partial charge is 0.394 e. The molecule has 0 radical (unpaired) electrons. The first-order valence-corrected chi connectivity index (χ1v) is 5.52. The fourth-order valence-corrected chi connectivity index (χ4v) is 1.63. The first-order chi connectivity index (χ1) is 9.36. The minimum Gasteiger partial charge on any atom is -0.394 e. The number of hydrogen-bond donors (Lipinski definition) is 3. The van der Waals surface area contributed by atoms with E-state index in [1.165, 1.54) is 0 Å². The van der Waals surface area contributed by atoms with Gasteiger partial charge in [0.05, 0.1) is 12.7 Å². The Labute approximate surface area is 110 Å². The third-order valence-corrected chi connectivity index (χ3v) is 2.60. The quantitative estimate of drug-likeness (QED) is 0.687. The summed E-state index contributed by atoms with van der Waals surface area (Å²) in [5.41, 5.74) is 5.36. The van der Waals surface area contributed by atoms with Crippen molar-refractivity contribution < 1.29 is 23.8 Å². The highest BCUT2D eigenvalue weighted by molar-refractivity contribution is 5.94. The number of aromatic nitrogens is 4. The zero-order chi connectivity index (χ0) is 14.9. The second-order valence-corrected chi connectivity index (χ2v) is 4.10. The Morgan fingerprint density at radius 1 is 1.45 bits per heavy atom. The van der Waals surface area contributed by atoms with E-state index >= 15 is 0 Å². The fourth-order valence-electron chi connectivity index (χ4n) is 1.63. The molecule has 1 unspecified atom stereocenters. The minimum absolute atomic E-state index is 0.0272. The summed E-state index contributed by atoms with van der Waals surface area (Å²) in [6, 6.07) is 0. The molecule has 108 valence electrons. The molecule has 0 amide bonds. The van der Waals surface area contributed by atoms with Gasteiger partial charge in [-0.05, 0) is 0 Å². The van der Waals surface area contributed by atoms with Crippen LogP contribution in [0.2, 0.25) is 0 Å². The summed E-state index contributed by atoms with van der Waals surface area (Å²) in [5, 5.41) is 17.6. The summed E-state index contributed by atoms with van der Waals surface area (Å²) in [7, 11) is 0. The third-order valence-electron chi connectivity index (χ3n) is 2.60. The van der Waals surface area contributed by atoms with Crippen molar-refractivity contribution in [3.8, 4) is 0 Å². The molecule has 0 bridgehead atoms. The summed E-state index contributed by atoms with van der Waals surface area (Å²) in [6.07, 6.45) is -1.03. The van der Waals surface area contributed by atoms with E-state index in [4.69, 9.17) is 15.9 Å². The van der Waals surface area contributed by atoms with E-state index in [1.54, 1.807) is 0 Å². The molecule has 1 atom stereocenters. The number of imidazole rings is 1. The van der Waals surface area contributed by atoms with E-state index in [0.29, 0.717) is 4.57 Å². The summed E-state index contributed by atoms with van der Waals surface area (Å²) in [6.45, 7) is -0.872. The molecule has 0 fully saturated rings. The van der Waals surface area contributed by atoms with Crippen molar-refractivity contribution in [1.29, 1.82) is 0 Å². The number of halogens is 2. The van der Waals surface area contributed by atoms with Crippen molar-refractivity contribution in [2.24, 2.45) is 0 Å². The van der Waals surface area contributed by atoms with Crippen molar-refractivity contribution >= 4 is 22.9 Å². The van der Waals surface area contributed by atoms with Crippen molar-refractivity contribution in [3.05, 3.63) is 12.7 Å². The maximum Gasteiger partial charge on any atom is 0.328 e. The molecule has 2 aromatic heterocycles. The predicted molar refractivity (Wildman–Crippen MR) is 63.0 cm³/mol. The number of rotatable bonds is 4. The molecule has 0 aliphatic carbocycles. The Balaban J connectivity index is 2.38. The number of nitrogen functional groups attached to an aromatic ring is 1. The van der Waals surface area contributed by atoms with Crippen LogP contribution < -0.4 is 5.73 Å². The number of nitrogens with two attached hydrogens (primary N) is 1. The second kappa shape index (κ2) is 5.06. The standard InChI is InChI=1S/C10H11F2N5O3/c11-10(12,1-5(19)2-18)9(20)17-4-16-6-7(13)14-3-15-8(6)17/h3-5,18-19H,1-2H2,(H2,13,14,15). The second-order valence-electron chi connectivity index (χ2n) is 4.10. The van der Waals surface area contributed by atoms with E-state index in [2.05, 4.69) is 15.0 Å². The van der Waals surface area contributed by atoms with Gasteiger partial charge in [-0.1, -0.05) is 0 Å². The van der Waals surface area contributed by atoms with Crippen LogP contribution >= 0.6 is 0 Å². The molecule has 2 heterocycles. The molecule has 0 saturated carbocycles. The highest BCUT2D eigenvalue weighted by atomic mass is 19.3. The molecule has 10 heteroatoms. The van der Waals surface area contributed by atoms with Gasteiger partial charge in [-0.15, -0.1) is 0 Å². The Kier molecular flexibility index (Phi) is 3.59. The lowest BCUT2D eigenvalue weighted by molar-refractivity contribution is -0.0399. The number of alkyl halides is 2. The molecule has 2 aromatic rings. The molecule has 0 aliphatic rings. The van der Waals surface area contributed by atoms with Crippen LogP contribution in [0.1, 0.15) is 11.2 Å². The third kappa shape index (κ3) is 2.42. The molecule has 8 nitrogen and oxygen atoms in total. The number of aliphatic hydroxyl groups is 2. The summed E-state index contributed by atoms with van der Waals surface area (Å²) in [4.78, 5) is 22.8. The molecule has 0 aliphatic heterocycles. The van der Waals surface area contributed by atoms with E-state index in [9.17, 15) is 13.6 Å². The lowest BCUT2D eigenvalue weighted by Gasteiger charge is -2.17. The summed E-state index contributed by atoms with van der Waals surface area (Å²) >= 11 is 0. The Morgan fingerprint density at radius 2 is 2.15 bits per heavy atom. The van der Waals surface area contributed by atoms with Gasteiger partial charge in [0.1, 0.15) is 12.7 Å². The Morgan fingerprint density at radius 3 is 2.80 bits per heavy atom. The lowest BCUT2D eigenvalue weighted by Crippen LogP contribution is -2.37. The van der Waals surface area contributed by atoms with Gasteiger partial charge in [-0.25, -0.2) is 19.5 Å². The van der Waals surface area contributed by atoms with E-state index < -0.39 is 31.0 Å². The Hall–Kier alpha value is -2.20. The molecule has 20 heavy (non-hydrogen) atoms. The summed E-state index contributed by atoms with van der Waals surface area (Å²) in [5.74, 6) is -5.54. The highest BCUT2D eigenvalue weighted by Crippen LogP contribution is 2.25. The van der Waals surface area contributed by atoms with Gasteiger partial charge in [0.15, 0.2) is 17.0 Å². The van der Waals surface area contributed by atoms with Crippen molar-refractivity contribution in [2.75, 3.05) is 12.3 Å². The van der Waals surface area contributed by atoms with Crippen LogP contribution in [0, 0.1) is 0 Å². The van der Waals surface area contributed by atoms with Crippen molar-refractivity contribution in [3.63, 3.8) is 0 Å². The molecule has 4 N–H and O–H groups in total. The predicted octanol–water partition coefficient (Wildman–Crippen LogP) is -0.573. The van der Waals surface area contributed by atoms with Gasteiger partial charge in [-0.2, -0.15) is 8.78 Å². The zero-order valence-electron chi connectivity index (χ0n) is 10.1. The van der Waals surface area contributed by atoms with Crippen LogP contribution in [0.25, 0.3) is 11.2 Å². The smallest absolute Gasteiger partial charge is 0.328 e. The molecule has 0 aromatic carbocycles. The average molecular weight is 287 g/mol. The number of nitrogens with zero attached hydrogens (tertiary/aromatic N) is 4. The van der Waals surface area contributed by atoms with Crippen LogP contribution in [0.5, 0.6) is 0 Å². The molecule has 0 spiro atoms. The first-order valence-electron chi connectivity index (χ1n) is 5.52. The van der Waals surface area contributed by atoms with Crippen LogP contribution in [0.15, 0.2) is 12.7 Å². The minimum atomic E-state index is -3.88. The van der Waals surface area contributed by atoms with E-state index in [1.807, 2.05) is 0 Å². The molecule has 0 saturated heterocycles. The number of anilines is 1. The SMILES string of the molecule is Nc1ncnc2c1ncn2C(=O)C(F)(F)CC(O)CO. The normalized spacial score (nSPS) is 13.6. The average Bonchev–Trinajstić information content (AvgIpc) is 2.82. The molecular weight excluding hydrogens is 276 g/mol. The van der Waals surface area contributed by atoms with Crippen molar-refractivity contribution in [2.45, 2.75) is 18.4 Å². The number of carbonyl (C=O) groups is 1. The summed E-state index contributed by atoms with van der Waals surface area (Å²) < 4.78 is 27.9. The number of hydrogen-bond acceptors (Lipinski definition) is 7. The molecule has 2 rings (SSSR count). The van der Waals surface area contributed by atoms with Gasteiger partial charge >= 0.3 is 11.8 Å². The van der Waals surface area contributed by atoms with Gasteiger partial charge in [0, 0.05) is 6.42 Å². The zero-order valence-corrected chi connectivity index (χ0v) is 10.1. The van der Waals surface area contributed by atoms with Crippen molar-refractivity contribution in [1.82, 2.24) is 19.5 Å². The van der Waals surface area contributed by atoms with E-state index in [-0.39, 0.29) is 17.0 Å². The van der Waals surface area contributed by atoms with Gasteiger partial charge < -0.3 is 15.9 Å². The van der Waals surface area contributed by atoms with Crippen LogP contribution in [-0.2, 0) is 0 Å². The fraction of sp³-hybridized carbons (Fsp3) is 0.400. The first kappa shape index (κ1) is 14.2. The van der Waals surface area contributed by atoms with Crippen LogP contribution in [-0.4, -0.2) is 54.3 Å². The number of fused-ring (bicyclic) bond motifs is 1. The highest BCUT2D eigenvalue weighted by Gasteiger charge is 2.42. The van der Waals surface area contributed by atoms with Gasteiger partial charge in [0.2, 0.25) is 0 Å². The number of carbonyl (C=O) groups excluding carboxylic acids is 1. The monoisotopic (exact) mass is 287 g/mol. The van der Waals surface area contributed by atoms with Gasteiger partial charge in [0.25, 0.3) is 0 Å². The van der Waals surface area contributed by atoms with Crippen LogP contribution in [0.3, 0.4) is 0 Å². The maximum atomic E-state index is 13.7. The lowest BCUT2D eigenvalue weighted by atomic mass is 10.1. The Bertz CT molecular complexity index is 645. The topological polar surface area (TPSA) is 127 Å². The van der Waals surface area contributed by atoms with E-state index in [0.717, 1.165) is 12.7 Å². The van der Waals surface area contributed by atoms with Gasteiger partial charge in [-0.3, -0.25) is 4.79 Å². The maximum absolute atomic E-state index is 13.7. The number of aliphatic hydroxyl groups excluding tert-OH is 2. The molecular formula is C10H11F2N5O3. The van der Waals surface area contributed by atoms with Crippen LogP contribution in [0.4, 0.5) is 14.6 Å².